The third-order valence-electron chi connectivity index (χ3n) is 3.52. The van der Waals surface area contributed by atoms with Crippen molar-refractivity contribution >= 4 is 11.8 Å². The van der Waals surface area contributed by atoms with Gasteiger partial charge in [-0.05, 0) is 50.1 Å². The van der Waals surface area contributed by atoms with Crippen molar-refractivity contribution in [3.8, 4) is 0 Å². The van der Waals surface area contributed by atoms with Crippen LogP contribution in [-0.2, 0) is 0 Å². The fraction of sp³-hybridized carbons (Fsp3) is 0.643. The van der Waals surface area contributed by atoms with Crippen LogP contribution < -0.4 is 5.32 Å². The van der Waals surface area contributed by atoms with Crippen molar-refractivity contribution < 1.29 is 4.39 Å². The summed E-state index contributed by atoms with van der Waals surface area (Å²) >= 11 is 1.99. The highest BCUT2D eigenvalue weighted by atomic mass is 32.2. The van der Waals surface area contributed by atoms with Crippen LogP contribution >= 0.6 is 11.8 Å². The molecule has 0 amide bonds. The van der Waals surface area contributed by atoms with Gasteiger partial charge in [0.05, 0.1) is 6.20 Å². The van der Waals surface area contributed by atoms with Crippen LogP contribution in [0.3, 0.4) is 0 Å². The van der Waals surface area contributed by atoms with E-state index in [9.17, 15) is 4.39 Å². The number of hydrogen-bond donors (Lipinski definition) is 1. The van der Waals surface area contributed by atoms with E-state index in [-0.39, 0.29) is 16.6 Å². The van der Waals surface area contributed by atoms with E-state index < -0.39 is 0 Å². The standard InChI is InChI=1S/C14H21FN2S/c1-3-6-17-13(14(2)5-4-7-18-14)11-8-12(15)10-16-9-11/h8-10,13,17H,3-7H2,1-2H3. The number of rotatable bonds is 5. The Hall–Kier alpha value is -0.610. The van der Waals surface area contributed by atoms with Crippen LogP contribution in [0.4, 0.5) is 4.39 Å². The van der Waals surface area contributed by atoms with Gasteiger partial charge in [-0.15, -0.1) is 0 Å². The molecule has 4 heteroatoms. The molecule has 1 aromatic rings. The van der Waals surface area contributed by atoms with Crippen LogP contribution in [0.15, 0.2) is 18.5 Å². The molecule has 2 rings (SSSR count). The molecule has 0 saturated carbocycles. The maximum atomic E-state index is 13.4. The van der Waals surface area contributed by atoms with Crippen LogP contribution in [0.25, 0.3) is 0 Å². The van der Waals surface area contributed by atoms with Gasteiger partial charge in [-0.1, -0.05) is 6.92 Å². The number of halogens is 1. The van der Waals surface area contributed by atoms with Crippen molar-refractivity contribution in [3.05, 3.63) is 29.8 Å². The zero-order valence-electron chi connectivity index (χ0n) is 11.1. The minimum atomic E-state index is -0.248. The third kappa shape index (κ3) is 3.04. The Morgan fingerprint density at radius 2 is 2.39 bits per heavy atom. The lowest BCUT2D eigenvalue weighted by Crippen LogP contribution is -2.38. The van der Waals surface area contributed by atoms with Gasteiger partial charge in [0.25, 0.3) is 0 Å². The van der Waals surface area contributed by atoms with Gasteiger partial charge in [-0.3, -0.25) is 4.98 Å². The Balaban J connectivity index is 2.24. The van der Waals surface area contributed by atoms with Gasteiger partial charge in [-0.25, -0.2) is 4.39 Å². The van der Waals surface area contributed by atoms with Crippen molar-refractivity contribution in [1.82, 2.24) is 10.3 Å². The van der Waals surface area contributed by atoms with Crippen LogP contribution in [0.1, 0.15) is 44.7 Å². The van der Waals surface area contributed by atoms with Crippen molar-refractivity contribution in [1.29, 1.82) is 0 Å². The molecule has 2 unspecified atom stereocenters. The molecule has 1 N–H and O–H groups in total. The molecular formula is C14H21FN2S. The first-order valence-electron chi connectivity index (χ1n) is 6.63. The molecule has 2 atom stereocenters. The smallest absolute Gasteiger partial charge is 0.141 e. The first-order chi connectivity index (χ1) is 8.65. The maximum absolute atomic E-state index is 13.4. The highest BCUT2D eigenvalue weighted by Crippen LogP contribution is 2.46. The molecule has 0 bridgehead atoms. The quantitative estimate of drug-likeness (QED) is 0.884. The highest BCUT2D eigenvalue weighted by Gasteiger charge is 2.38. The lowest BCUT2D eigenvalue weighted by molar-refractivity contribution is 0.410. The molecule has 18 heavy (non-hydrogen) atoms. The average Bonchev–Trinajstić information content (AvgIpc) is 2.77. The Morgan fingerprint density at radius 3 is 3.00 bits per heavy atom. The first kappa shape index (κ1) is 13.8. The molecule has 0 spiro atoms. The van der Waals surface area contributed by atoms with Crippen molar-refractivity contribution in [3.63, 3.8) is 0 Å². The number of thioether (sulfide) groups is 1. The lowest BCUT2D eigenvalue weighted by atomic mass is 9.91. The number of nitrogens with zero attached hydrogens (tertiary/aromatic N) is 1. The number of hydrogen-bond acceptors (Lipinski definition) is 3. The van der Waals surface area contributed by atoms with E-state index in [0.717, 1.165) is 18.5 Å². The summed E-state index contributed by atoms with van der Waals surface area (Å²) in [5, 5.41) is 3.57. The molecule has 0 aromatic carbocycles. The summed E-state index contributed by atoms with van der Waals surface area (Å²) < 4.78 is 13.5. The largest absolute Gasteiger partial charge is 0.309 e. The zero-order chi connectivity index (χ0) is 13.0. The minimum absolute atomic E-state index is 0.157. The van der Waals surface area contributed by atoms with E-state index in [1.165, 1.54) is 24.8 Å². The predicted octanol–water partition coefficient (Wildman–Crippen LogP) is 3.55. The number of pyridine rings is 1. The molecule has 0 aliphatic carbocycles. The number of aromatic nitrogens is 1. The minimum Gasteiger partial charge on any atom is -0.309 e. The van der Waals surface area contributed by atoms with Gasteiger partial charge in [-0.2, -0.15) is 11.8 Å². The number of nitrogens with one attached hydrogen (secondary N) is 1. The fourth-order valence-corrected chi connectivity index (χ4v) is 4.02. The normalized spacial score (nSPS) is 25.3. The Labute approximate surface area is 113 Å². The van der Waals surface area contributed by atoms with Gasteiger partial charge < -0.3 is 5.32 Å². The van der Waals surface area contributed by atoms with Crippen LogP contribution in [0, 0.1) is 5.82 Å². The van der Waals surface area contributed by atoms with E-state index >= 15 is 0 Å². The molecular weight excluding hydrogens is 247 g/mol. The monoisotopic (exact) mass is 268 g/mol. The molecule has 1 saturated heterocycles. The summed E-state index contributed by atoms with van der Waals surface area (Å²) in [4.78, 5) is 3.99. The summed E-state index contributed by atoms with van der Waals surface area (Å²) in [6.07, 6.45) is 6.56. The van der Waals surface area contributed by atoms with E-state index in [1.807, 2.05) is 11.8 Å². The SMILES string of the molecule is CCCNC(c1cncc(F)c1)C1(C)CCCS1. The van der Waals surface area contributed by atoms with E-state index in [1.54, 1.807) is 12.3 Å². The van der Waals surface area contributed by atoms with Gasteiger partial charge in [0.2, 0.25) is 0 Å². The molecule has 1 fully saturated rings. The van der Waals surface area contributed by atoms with Gasteiger partial charge >= 0.3 is 0 Å². The second kappa shape index (κ2) is 6.02. The predicted molar refractivity (Wildman–Crippen MR) is 75.3 cm³/mol. The molecule has 1 aliphatic rings. The van der Waals surface area contributed by atoms with Crippen LogP contribution in [-0.4, -0.2) is 22.0 Å². The van der Waals surface area contributed by atoms with E-state index in [2.05, 4.69) is 24.1 Å². The molecule has 0 radical (unpaired) electrons. The summed E-state index contributed by atoms with van der Waals surface area (Å²) in [5.41, 5.74) is 0.973. The van der Waals surface area contributed by atoms with Crippen molar-refractivity contribution in [2.45, 2.75) is 43.9 Å². The van der Waals surface area contributed by atoms with E-state index in [4.69, 9.17) is 0 Å². The second-order valence-electron chi connectivity index (χ2n) is 5.09. The Morgan fingerprint density at radius 1 is 1.56 bits per heavy atom. The van der Waals surface area contributed by atoms with Crippen LogP contribution in [0.5, 0.6) is 0 Å². The first-order valence-corrected chi connectivity index (χ1v) is 7.62. The molecule has 2 nitrogen and oxygen atoms in total. The molecule has 1 aliphatic heterocycles. The maximum Gasteiger partial charge on any atom is 0.141 e. The second-order valence-corrected chi connectivity index (χ2v) is 6.72. The van der Waals surface area contributed by atoms with Gasteiger partial charge in [0, 0.05) is 17.0 Å². The van der Waals surface area contributed by atoms with Gasteiger partial charge in [0.1, 0.15) is 5.82 Å². The van der Waals surface area contributed by atoms with Gasteiger partial charge in [0.15, 0.2) is 0 Å². The lowest BCUT2D eigenvalue weighted by Gasteiger charge is -2.34. The topological polar surface area (TPSA) is 24.9 Å². The fourth-order valence-electron chi connectivity index (χ4n) is 2.59. The summed E-state index contributed by atoms with van der Waals surface area (Å²) in [7, 11) is 0. The zero-order valence-corrected chi connectivity index (χ0v) is 11.9. The van der Waals surface area contributed by atoms with Crippen molar-refractivity contribution in [2.24, 2.45) is 0 Å². The Bertz CT molecular complexity index is 391. The summed E-state index contributed by atoms with van der Waals surface area (Å²) in [6, 6.07) is 1.80. The van der Waals surface area contributed by atoms with E-state index in [0.29, 0.717) is 0 Å². The third-order valence-corrected chi connectivity index (χ3v) is 5.11. The molecule has 100 valence electrons. The highest BCUT2D eigenvalue weighted by molar-refractivity contribution is 8.00. The van der Waals surface area contributed by atoms with Crippen molar-refractivity contribution in [2.75, 3.05) is 12.3 Å². The average molecular weight is 268 g/mol. The summed E-state index contributed by atoms with van der Waals surface area (Å²) in [5.74, 6) is 0.950. The van der Waals surface area contributed by atoms with Crippen LogP contribution in [0.2, 0.25) is 0 Å². The summed E-state index contributed by atoms with van der Waals surface area (Å²) in [6.45, 7) is 5.39. The molecule has 1 aromatic heterocycles. The molecule has 2 heterocycles. The Kier molecular flexibility index (Phi) is 4.62.